The Labute approximate surface area is 150 Å². The Hall–Kier alpha value is -2.81. The van der Waals surface area contributed by atoms with Gasteiger partial charge in [0.1, 0.15) is 25.6 Å². The molecule has 128 valence electrons. The maximum absolute atomic E-state index is 6.08. The molecule has 3 nitrogen and oxygen atoms in total. The quantitative estimate of drug-likeness (QED) is 0.755. The van der Waals surface area contributed by atoms with E-state index in [4.69, 9.17) is 4.74 Å². The summed E-state index contributed by atoms with van der Waals surface area (Å²) in [6, 6.07) is 8.45. The number of benzene rings is 1. The molecule has 2 aliphatic rings. The monoisotopic (exact) mass is 333 g/mol. The lowest BCUT2D eigenvalue weighted by Gasteiger charge is -2.22. The lowest BCUT2D eigenvalue weighted by atomic mass is 9.97. The smallest absolute Gasteiger partial charge is 0.210 e. The largest absolute Gasteiger partial charge is 0.461 e. The topological polar surface area (TPSA) is 15.5 Å². The van der Waals surface area contributed by atoms with Gasteiger partial charge in [0.15, 0.2) is 0 Å². The molecule has 0 radical (unpaired) electrons. The molecule has 0 amide bonds. The summed E-state index contributed by atoms with van der Waals surface area (Å²) in [5.74, 6) is 1.78. The van der Waals surface area contributed by atoms with Crippen molar-refractivity contribution in [1.29, 1.82) is 0 Å². The average Bonchev–Trinajstić information content (AvgIpc) is 2.61. The molecule has 0 unspecified atom stereocenters. The molecule has 1 aliphatic carbocycles. The van der Waals surface area contributed by atoms with Gasteiger partial charge in [-0.3, -0.25) is 0 Å². The van der Waals surface area contributed by atoms with Gasteiger partial charge in [0.2, 0.25) is 5.71 Å². The zero-order chi connectivity index (χ0) is 18.0. The first kappa shape index (κ1) is 17.0. The van der Waals surface area contributed by atoms with Gasteiger partial charge in [-0.15, -0.1) is 0 Å². The minimum atomic E-state index is 0.882. The van der Waals surface area contributed by atoms with Crippen molar-refractivity contribution in [3.05, 3.63) is 83.4 Å². The number of anilines is 1. The Morgan fingerprint density at radius 1 is 0.960 bits per heavy atom. The summed E-state index contributed by atoms with van der Waals surface area (Å²) in [6.45, 7) is 2.00. The first-order chi connectivity index (χ1) is 12.0. The Morgan fingerprint density at radius 3 is 2.40 bits per heavy atom. The van der Waals surface area contributed by atoms with Gasteiger partial charge in [-0.1, -0.05) is 30.4 Å². The average molecular weight is 333 g/mol. The molecule has 0 aromatic heterocycles. The minimum absolute atomic E-state index is 0.882. The molecule has 0 bridgehead atoms. The number of allylic oxidation sites excluding steroid dienone is 9. The van der Waals surface area contributed by atoms with E-state index in [0.29, 0.717) is 0 Å². The van der Waals surface area contributed by atoms with Gasteiger partial charge in [-0.2, -0.15) is 0 Å². The van der Waals surface area contributed by atoms with E-state index in [1.54, 1.807) is 0 Å². The van der Waals surface area contributed by atoms with E-state index in [0.717, 1.165) is 28.4 Å². The van der Waals surface area contributed by atoms with Crippen molar-refractivity contribution in [3.8, 4) is 0 Å². The molecular formula is C22H25N2O+. The highest BCUT2D eigenvalue weighted by Gasteiger charge is 2.21. The lowest BCUT2D eigenvalue weighted by Crippen LogP contribution is -2.17. The second-order valence-corrected chi connectivity index (χ2v) is 6.64. The third-order valence-electron chi connectivity index (χ3n) is 4.26. The van der Waals surface area contributed by atoms with E-state index in [1.165, 1.54) is 11.3 Å². The molecule has 1 aromatic carbocycles. The molecule has 0 spiro atoms. The number of nitrogens with zero attached hydrogens (tertiary/aromatic N) is 2. The molecule has 0 saturated heterocycles. The number of hydrogen-bond acceptors (Lipinski definition) is 2. The Balaban J connectivity index is 2.17. The van der Waals surface area contributed by atoms with Gasteiger partial charge >= 0.3 is 0 Å². The minimum Gasteiger partial charge on any atom is -0.461 e. The molecule has 1 aliphatic heterocycles. The van der Waals surface area contributed by atoms with Gasteiger partial charge in [-0.05, 0) is 36.8 Å². The maximum atomic E-state index is 6.08. The third kappa shape index (κ3) is 3.50. The Bertz CT molecular complexity index is 873. The normalized spacial score (nSPS) is 19.3. The summed E-state index contributed by atoms with van der Waals surface area (Å²) in [7, 11) is 8.25. The van der Waals surface area contributed by atoms with Crippen LogP contribution < -0.4 is 4.90 Å². The Kier molecular flexibility index (Phi) is 4.75. The van der Waals surface area contributed by atoms with Crippen LogP contribution in [0.3, 0.4) is 0 Å². The van der Waals surface area contributed by atoms with Crippen molar-refractivity contribution in [2.45, 2.75) is 6.92 Å². The number of para-hydroxylation sites is 1. The van der Waals surface area contributed by atoms with Crippen LogP contribution in [0, 0.1) is 0 Å². The first-order valence-corrected chi connectivity index (χ1v) is 8.45. The van der Waals surface area contributed by atoms with Crippen molar-refractivity contribution < 1.29 is 9.31 Å². The highest BCUT2D eigenvalue weighted by atomic mass is 16.5. The molecule has 0 N–H and O–H groups in total. The van der Waals surface area contributed by atoms with Crippen LogP contribution in [0.15, 0.2) is 77.8 Å². The first-order valence-electron chi connectivity index (χ1n) is 8.45. The summed E-state index contributed by atoms with van der Waals surface area (Å²) in [5, 5.41) is 0. The molecule has 0 saturated carbocycles. The van der Waals surface area contributed by atoms with Crippen molar-refractivity contribution in [2.75, 3.05) is 33.1 Å². The van der Waals surface area contributed by atoms with Crippen LogP contribution >= 0.6 is 0 Å². The van der Waals surface area contributed by atoms with Gasteiger partial charge in [0, 0.05) is 31.4 Å². The number of rotatable bonds is 2. The summed E-state index contributed by atoms with van der Waals surface area (Å²) >= 11 is 0. The van der Waals surface area contributed by atoms with E-state index in [-0.39, 0.29) is 0 Å². The van der Waals surface area contributed by atoms with Crippen LogP contribution in [-0.4, -0.2) is 38.5 Å². The highest BCUT2D eigenvalue weighted by molar-refractivity contribution is 6.09. The molecule has 0 atom stereocenters. The summed E-state index contributed by atoms with van der Waals surface area (Å²) < 4.78 is 8.19. The molecule has 1 heterocycles. The second kappa shape index (κ2) is 6.98. The van der Waals surface area contributed by atoms with Crippen molar-refractivity contribution >= 4 is 17.0 Å². The molecule has 25 heavy (non-hydrogen) atoms. The van der Waals surface area contributed by atoms with Gasteiger partial charge in [-0.25, -0.2) is 4.58 Å². The molecule has 1 aromatic rings. The lowest BCUT2D eigenvalue weighted by molar-refractivity contribution is -0.463. The number of ether oxygens (including phenoxy) is 1. The number of hydrogen-bond donors (Lipinski definition) is 0. The standard InChI is InChI=1S/C22H25N2O/c1-16-14-17(18-10-6-8-12-20(18)23(2)3)15-22(25-16)19-11-7-9-13-21(19)24(4)5/h6-15H,1-5H3/q+1. The van der Waals surface area contributed by atoms with E-state index >= 15 is 0 Å². The van der Waals surface area contributed by atoms with Crippen LogP contribution in [0.25, 0.3) is 5.57 Å². The van der Waals surface area contributed by atoms with Crippen LogP contribution in [-0.2, 0) is 4.74 Å². The highest BCUT2D eigenvalue weighted by Crippen LogP contribution is 2.33. The fourth-order valence-electron chi connectivity index (χ4n) is 3.10. The van der Waals surface area contributed by atoms with Gasteiger partial charge in [0.05, 0.1) is 5.57 Å². The molecular weight excluding hydrogens is 308 g/mol. The SMILES string of the molecule is CC1=CC(c2ccccc2N(C)C)=CC(=C2C=CC=CC2=[N+](C)C)O1. The van der Waals surface area contributed by atoms with E-state index in [9.17, 15) is 0 Å². The summed E-state index contributed by atoms with van der Waals surface area (Å²) in [5.41, 5.74) is 5.80. The van der Waals surface area contributed by atoms with Crippen molar-refractivity contribution in [1.82, 2.24) is 0 Å². The van der Waals surface area contributed by atoms with Crippen LogP contribution in [0.5, 0.6) is 0 Å². The third-order valence-corrected chi connectivity index (χ3v) is 4.26. The van der Waals surface area contributed by atoms with E-state index in [1.807, 2.05) is 13.0 Å². The molecule has 3 heteroatoms. The van der Waals surface area contributed by atoms with E-state index < -0.39 is 0 Å². The fourth-order valence-corrected chi connectivity index (χ4v) is 3.10. The fraction of sp³-hybridized carbons (Fsp3) is 0.227. The summed E-state index contributed by atoms with van der Waals surface area (Å²) in [4.78, 5) is 2.14. The zero-order valence-corrected chi connectivity index (χ0v) is 15.6. The van der Waals surface area contributed by atoms with Crippen LogP contribution in [0.1, 0.15) is 12.5 Å². The van der Waals surface area contributed by atoms with Gasteiger partial charge in [0.25, 0.3) is 0 Å². The predicted molar refractivity (Wildman–Crippen MR) is 106 cm³/mol. The van der Waals surface area contributed by atoms with Crippen molar-refractivity contribution in [3.63, 3.8) is 0 Å². The maximum Gasteiger partial charge on any atom is 0.210 e. The predicted octanol–water partition coefficient (Wildman–Crippen LogP) is 4.16. The van der Waals surface area contributed by atoms with Crippen LogP contribution in [0.4, 0.5) is 5.69 Å². The molecule has 3 rings (SSSR count). The van der Waals surface area contributed by atoms with Crippen LogP contribution in [0.2, 0.25) is 0 Å². The zero-order valence-electron chi connectivity index (χ0n) is 15.6. The molecule has 0 fully saturated rings. The van der Waals surface area contributed by atoms with Gasteiger partial charge < -0.3 is 9.64 Å². The second-order valence-electron chi connectivity index (χ2n) is 6.64. The van der Waals surface area contributed by atoms with Crippen molar-refractivity contribution in [2.24, 2.45) is 0 Å². The van der Waals surface area contributed by atoms with E-state index in [2.05, 4.69) is 92.3 Å². The summed E-state index contributed by atoms with van der Waals surface area (Å²) in [6.07, 6.45) is 12.6. The Morgan fingerprint density at radius 2 is 1.68 bits per heavy atom.